The summed E-state index contributed by atoms with van der Waals surface area (Å²) in [5.41, 5.74) is 5.63. The van der Waals surface area contributed by atoms with Gasteiger partial charge in [-0.1, -0.05) is 13.8 Å². The van der Waals surface area contributed by atoms with Crippen LogP contribution in [-0.4, -0.2) is 30.7 Å². The van der Waals surface area contributed by atoms with Gasteiger partial charge in [-0.05, 0) is 51.4 Å². The van der Waals surface area contributed by atoms with E-state index >= 15 is 0 Å². The summed E-state index contributed by atoms with van der Waals surface area (Å²) in [5.74, 6) is 1.45. The molecule has 1 unspecified atom stereocenters. The van der Waals surface area contributed by atoms with Crippen LogP contribution in [0.1, 0.15) is 53.4 Å². The highest BCUT2D eigenvalue weighted by atomic mass is 16.5. The van der Waals surface area contributed by atoms with Gasteiger partial charge in [-0.2, -0.15) is 0 Å². The van der Waals surface area contributed by atoms with Crippen LogP contribution in [0.2, 0.25) is 0 Å². The Morgan fingerprint density at radius 2 is 1.95 bits per heavy atom. The molecule has 1 amide bonds. The zero-order chi connectivity index (χ0) is 14.5. The molecule has 0 aromatic rings. The topological polar surface area (TPSA) is 64.3 Å². The third-order valence-corrected chi connectivity index (χ3v) is 4.40. The van der Waals surface area contributed by atoms with E-state index in [-0.39, 0.29) is 11.5 Å². The third-order valence-electron chi connectivity index (χ3n) is 4.40. The van der Waals surface area contributed by atoms with E-state index in [9.17, 15) is 4.79 Å². The molecule has 0 spiro atoms. The van der Waals surface area contributed by atoms with Crippen LogP contribution in [0.5, 0.6) is 0 Å². The molecule has 1 rings (SSSR count). The average molecular weight is 270 g/mol. The van der Waals surface area contributed by atoms with Gasteiger partial charge in [-0.15, -0.1) is 0 Å². The smallest absolute Gasteiger partial charge is 0.248 e. The molecular formula is C15H30N2O2. The summed E-state index contributed by atoms with van der Waals surface area (Å²) < 4.78 is 6.03. The molecule has 1 atom stereocenters. The Balaban J connectivity index is 2.56. The first-order chi connectivity index (χ1) is 8.94. The molecule has 3 N–H and O–H groups in total. The van der Waals surface area contributed by atoms with E-state index in [0.29, 0.717) is 13.1 Å². The molecule has 0 aromatic heterocycles. The van der Waals surface area contributed by atoms with E-state index in [4.69, 9.17) is 10.5 Å². The predicted octanol–water partition coefficient (Wildman–Crippen LogP) is 2.07. The van der Waals surface area contributed by atoms with Crippen LogP contribution in [0.15, 0.2) is 0 Å². The molecule has 4 nitrogen and oxygen atoms in total. The number of likely N-dealkylation sites (N-methyl/N-ethyl adjacent to an activating group) is 1. The van der Waals surface area contributed by atoms with Gasteiger partial charge in [-0.3, -0.25) is 4.79 Å². The number of nitrogens with one attached hydrogen (secondary N) is 1. The number of nitrogens with two attached hydrogens (primary N) is 1. The van der Waals surface area contributed by atoms with Crippen LogP contribution in [-0.2, 0) is 9.53 Å². The summed E-state index contributed by atoms with van der Waals surface area (Å²) in [6.45, 7) is 9.42. The summed E-state index contributed by atoms with van der Waals surface area (Å²) in [5, 5.41) is 2.80. The molecule has 0 bridgehead atoms. The largest absolute Gasteiger partial charge is 0.361 e. The van der Waals surface area contributed by atoms with Crippen LogP contribution < -0.4 is 11.1 Å². The molecule has 0 heterocycles. The second-order valence-corrected chi connectivity index (χ2v) is 6.12. The van der Waals surface area contributed by atoms with Crippen molar-refractivity contribution < 1.29 is 9.53 Å². The molecular weight excluding hydrogens is 240 g/mol. The minimum Gasteiger partial charge on any atom is -0.361 e. The standard InChI is InChI=1S/C15H30N2O2/c1-5-17-14(18)12(4)19-15(10-16)8-6-13(7-9-15)11(2)3/h11-13H,5-10,16H2,1-4H3,(H,17,18). The van der Waals surface area contributed by atoms with Crippen molar-refractivity contribution in [2.24, 2.45) is 17.6 Å². The van der Waals surface area contributed by atoms with E-state index in [1.165, 1.54) is 0 Å². The maximum Gasteiger partial charge on any atom is 0.248 e. The Morgan fingerprint density at radius 3 is 2.37 bits per heavy atom. The van der Waals surface area contributed by atoms with Crippen molar-refractivity contribution in [1.82, 2.24) is 5.32 Å². The molecule has 1 aliphatic carbocycles. The van der Waals surface area contributed by atoms with Crippen molar-refractivity contribution in [3.8, 4) is 0 Å². The summed E-state index contributed by atoms with van der Waals surface area (Å²) in [6.07, 6.45) is 3.82. The average Bonchev–Trinajstić information content (AvgIpc) is 2.39. The van der Waals surface area contributed by atoms with Gasteiger partial charge < -0.3 is 15.8 Å². The van der Waals surface area contributed by atoms with Crippen LogP contribution in [0, 0.1) is 11.8 Å². The summed E-state index contributed by atoms with van der Waals surface area (Å²) in [7, 11) is 0. The number of carbonyl (C=O) groups is 1. The Hall–Kier alpha value is -0.610. The van der Waals surface area contributed by atoms with E-state index in [1.54, 1.807) is 0 Å². The second-order valence-electron chi connectivity index (χ2n) is 6.12. The van der Waals surface area contributed by atoms with Crippen molar-refractivity contribution >= 4 is 5.91 Å². The van der Waals surface area contributed by atoms with Gasteiger partial charge >= 0.3 is 0 Å². The summed E-state index contributed by atoms with van der Waals surface area (Å²) >= 11 is 0. The Bertz CT molecular complexity index is 284. The second kappa shape index (κ2) is 7.25. The minimum absolute atomic E-state index is 0.0405. The van der Waals surface area contributed by atoms with E-state index in [0.717, 1.165) is 37.5 Å². The highest BCUT2D eigenvalue weighted by molar-refractivity contribution is 5.80. The SMILES string of the molecule is CCNC(=O)C(C)OC1(CN)CCC(C(C)C)CC1. The Morgan fingerprint density at radius 1 is 1.37 bits per heavy atom. The highest BCUT2D eigenvalue weighted by Crippen LogP contribution is 2.38. The van der Waals surface area contributed by atoms with Crippen molar-refractivity contribution in [2.75, 3.05) is 13.1 Å². The number of ether oxygens (including phenoxy) is 1. The van der Waals surface area contributed by atoms with Crippen molar-refractivity contribution in [1.29, 1.82) is 0 Å². The first-order valence-electron chi connectivity index (χ1n) is 7.59. The first kappa shape index (κ1) is 16.4. The van der Waals surface area contributed by atoms with Crippen molar-refractivity contribution in [2.45, 2.75) is 65.1 Å². The number of hydrogen-bond acceptors (Lipinski definition) is 3. The number of hydrogen-bond donors (Lipinski definition) is 2. The number of carbonyl (C=O) groups excluding carboxylic acids is 1. The predicted molar refractivity (Wildman–Crippen MR) is 77.8 cm³/mol. The van der Waals surface area contributed by atoms with Crippen LogP contribution in [0.4, 0.5) is 0 Å². The molecule has 0 aromatic carbocycles. The minimum atomic E-state index is -0.418. The van der Waals surface area contributed by atoms with Crippen LogP contribution in [0.3, 0.4) is 0 Å². The van der Waals surface area contributed by atoms with Gasteiger partial charge in [0, 0.05) is 13.1 Å². The molecule has 0 radical (unpaired) electrons. The lowest BCUT2D eigenvalue weighted by Crippen LogP contribution is -2.49. The molecule has 4 heteroatoms. The van der Waals surface area contributed by atoms with Gasteiger partial charge in [0.1, 0.15) is 6.10 Å². The van der Waals surface area contributed by atoms with Gasteiger partial charge in [0.2, 0.25) is 5.91 Å². The van der Waals surface area contributed by atoms with E-state index < -0.39 is 6.10 Å². The normalized spacial score (nSPS) is 29.3. The van der Waals surface area contributed by atoms with E-state index in [1.807, 2.05) is 13.8 Å². The first-order valence-corrected chi connectivity index (χ1v) is 7.59. The maximum atomic E-state index is 11.8. The summed E-state index contributed by atoms with van der Waals surface area (Å²) in [4.78, 5) is 11.8. The fourth-order valence-electron chi connectivity index (χ4n) is 2.95. The fourth-order valence-corrected chi connectivity index (χ4v) is 2.95. The van der Waals surface area contributed by atoms with Gasteiger partial charge in [0.25, 0.3) is 0 Å². The van der Waals surface area contributed by atoms with Crippen LogP contribution in [0.25, 0.3) is 0 Å². The van der Waals surface area contributed by atoms with Crippen LogP contribution >= 0.6 is 0 Å². The number of amides is 1. The summed E-state index contributed by atoms with van der Waals surface area (Å²) in [6, 6.07) is 0. The van der Waals surface area contributed by atoms with Gasteiger partial charge in [0.15, 0.2) is 0 Å². The molecule has 1 fully saturated rings. The van der Waals surface area contributed by atoms with E-state index in [2.05, 4.69) is 19.2 Å². The maximum absolute atomic E-state index is 11.8. The highest BCUT2D eigenvalue weighted by Gasteiger charge is 2.38. The zero-order valence-corrected chi connectivity index (χ0v) is 12.9. The quantitative estimate of drug-likeness (QED) is 0.776. The lowest BCUT2D eigenvalue weighted by Gasteiger charge is -2.41. The van der Waals surface area contributed by atoms with Crippen molar-refractivity contribution in [3.05, 3.63) is 0 Å². The van der Waals surface area contributed by atoms with Crippen molar-refractivity contribution in [3.63, 3.8) is 0 Å². The molecule has 0 saturated heterocycles. The fraction of sp³-hybridized carbons (Fsp3) is 0.933. The molecule has 19 heavy (non-hydrogen) atoms. The third kappa shape index (κ3) is 4.46. The number of rotatable bonds is 6. The Kier molecular flexibility index (Phi) is 6.27. The van der Waals surface area contributed by atoms with Gasteiger partial charge in [0.05, 0.1) is 5.60 Å². The molecule has 1 saturated carbocycles. The molecule has 0 aliphatic heterocycles. The zero-order valence-electron chi connectivity index (χ0n) is 12.9. The Labute approximate surface area is 117 Å². The molecule has 112 valence electrons. The lowest BCUT2D eigenvalue weighted by molar-refractivity contribution is -0.150. The monoisotopic (exact) mass is 270 g/mol. The molecule has 1 aliphatic rings. The lowest BCUT2D eigenvalue weighted by atomic mass is 9.74. The van der Waals surface area contributed by atoms with Gasteiger partial charge in [-0.25, -0.2) is 0 Å².